The summed E-state index contributed by atoms with van der Waals surface area (Å²) in [6.07, 6.45) is 4.24. The van der Waals surface area contributed by atoms with Crippen LogP contribution in [-0.2, 0) is 0 Å². The molecule has 5 heteroatoms. The summed E-state index contributed by atoms with van der Waals surface area (Å²) in [4.78, 5) is 20.8. The molecule has 1 amide bonds. The van der Waals surface area contributed by atoms with Gasteiger partial charge in [0.1, 0.15) is 0 Å². The van der Waals surface area contributed by atoms with Crippen molar-refractivity contribution in [2.24, 2.45) is 0 Å². The molecule has 21 heavy (non-hydrogen) atoms. The number of anilines is 2. The van der Waals surface area contributed by atoms with Gasteiger partial charge in [-0.2, -0.15) is 0 Å². The molecule has 0 fully saturated rings. The van der Waals surface area contributed by atoms with Gasteiger partial charge in [0.15, 0.2) is 0 Å². The topological polar surface area (TPSA) is 66.9 Å². The van der Waals surface area contributed by atoms with Crippen LogP contribution in [0.1, 0.15) is 35.1 Å². The molecular weight excluding hydrogens is 264 g/mol. The van der Waals surface area contributed by atoms with Gasteiger partial charge < -0.3 is 10.6 Å². The van der Waals surface area contributed by atoms with Crippen molar-refractivity contribution in [2.45, 2.75) is 27.2 Å². The summed E-state index contributed by atoms with van der Waals surface area (Å²) in [5, 5.41) is 6.13. The number of nitrogens with one attached hydrogen (secondary N) is 2. The molecule has 0 saturated heterocycles. The molecule has 0 spiro atoms. The fraction of sp³-hybridized carbons (Fsp3) is 0.312. The number of rotatable bonds is 5. The average molecular weight is 284 g/mol. The van der Waals surface area contributed by atoms with E-state index in [1.165, 1.54) is 0 Å². The molecule has 0 bridgehead atoms. The molecule has 0 saturated carbocycles. The van der Waals surface area contributed by atoms with Crippen molar-refractivity contribution in [1.82, 2.24) is 9.97 Å². The normalized spacial score (nSPS) is 10.2. The van der Waals surface area contributed by atoms with Gasteiger partial charge in [-0.05, 0) is 38.5 Å². The quantitative estimate of drug-likeness (QED) is 0.885. The lowest BCUT2D eigenvalue weighted by atomic mass is 10.2. The first-order chi connectivity index (χ1) is 10.1. The molecule has 2 aromatic rings. The minimum absolute atomic E-state index is 0.185. The minimum atomic E-state index is -0.185. The van der Waals surface area contributed by atoms with Gasteiger partial charge in [-0.15, -0.1) is 0 Å². The zero-order valence-electron chi connectivity index (χ0n) is 12.6. The summed E-state index contributed by atoms with van der Waals surface area (Å²) in [5.74, 6) is -0.185. The highest BCUT2D eigenvalue weighted by Crippen LogP contribution is 2.18. The maximum atomic E-state index is 12.4. The molecule has 2 aromatic heterocycles. The predicted octanol–water partition coefficient (Wildman–Crippen LogP) is 3.17. The monoisotopic (exact) mass is 284 g/mol. The maximum absolute atomic E-state index is 12.4. The van der Waals surface area contributed by atoms with Crippen LogP contribution in [0.2, 0.25) is 0 Å². The molecule has 2 rings (SSSR count). The molecule has 5 nitrogen and oxygen atoms in total. The van der Waals surface area contributed by atoms with Crippen LogP contribution in [0.25, 0.3) is 0 Å². The minimum Gasteiger partial charge on any atom is -0.384 e. The first kappa shape index (κ1) is 15.0. The highest BCUT2D eigenvalue weighted by atomic mass is 16.1. The van der Waals surface area contributed by atoms with Crippen LogP contribution in [0.4, 0.5) is 11.4 Å². The van der Waals surface area contributed by atoms with Crippen molar-refractivity contribution in [1.29, 1.82) is 0 Å². The third-order valence-corrected chi connectivity index (χ3v) is 3.10. The second kappa shape index (κ2) is 6.83. The second-order valence-corrected chi connectivity index (χ2v) is 4.89. The predicted molar refractivity (Wildman–Crippen MR) is 84.7 cm³/mol. The molecular formula is C16H20N4O. The molecule has 0 aliphatic rings. The van der Waals surface area contributed by atoms with Crippen molar-refractivity contribution in [3.63, 3.8) is 0 Å². The van der Waals surface area contributed by atoms with E-state index in [1.807, 2.05) is 32.0 Å². The Balaban J connectivity index is 2.20. The Morgan fingerprint density at radius 1 is 1.19 bits per heavy atom. The van der Waals surface area contributed by atoms with Crippen LogP contribution in [0.3, 0.4) is 0 Å². The number of carbonyl (C=O) groups is 1. The fourth-order valence-corrected chi connectivity index (χ4v) is 2.00. The van der Waals surface area contributed by atoms with E-state index in [-0.39, 0.29) is 5.91 Å². The van der Waals surface area contributed by atoms with E-state index in [9.17, 15) is 4.79 Å². The third-order valence-electron chi connectivity index (χ3n) is 3.10. The van der Waals surface area contributed by atoms with E-state index in [4.69, 9.17) is 0 Å². The van der Waals surface area contributed by atoms with E-state index in [2.05, 4.69) is 27.5 Å². The number of hydrogen-bond acceptors (Lipinski definition) is 4. The number of amides is 1. The van der Waals surface area contributed by atoms with E-state index in [1.54, 1.807) is 12.4 Å². The highest BCUT2D eigenvalue weighted by Gasteiger charge is 2.13. The van der Waals surface area contributed by atoms with E-state index in [0.717, 1.165) is 35.7 Å². The second-order valence-electron chi connectivity index (χ2n) is 4.89. The molecule has 0 unspecified atom stereocenters. The van der Waals surface area contributed by atoms with Gasteiger partial charge in [0.25, 0.3) is 5.91 Å². The van der Waals surface area contributed by atoms with Crippen molar-refractivity contribution in [3.05, 3.63) is 47.5 Å². The zero-order valence-corrected chi connectivity index (χ0v) is 12.6. The van der Waals surface area contributed by atoms with Gasteiger partial charge in [-0.25, -0.2) is 0 Å². The fourth-order valence-electron chi connectivity index (χ4n) is 2.00. The van der Waals surface area contributed by atoms with Gasteiger partial charge in [0.05, 0.1) is 22.6 Å². The van der Waals surface area contributed by atoms with Gasteiger partial charge in [-0.1, -0.05) is 6.92 Å². The standard InChI is InChI=1S/C16H20N4O/c1-4-8-18-15-7-9-17-10-13(15)16(21)20-14-6-5-11(2)19-12(14)3/h5-7,9-10H,4,8H2,1-3H3,(H,17,18)(H,20,21). The summed E-state index contributed by atoms with van der Waals surface area (Å²) in [7, 11) is 0. The lowest BCUT2D eigenvalue weighted by Gasteiger charge is -2.12. The van der Waals surface area contributed by atoms with Crippen molar-refractivity contribution in [2.75, 3.05) is 17.2 Å². The van der Waals surface area contributed by atoms with E-state index >= 15 is 0 Å². The van der Waals surface area contributed by atoms with Gasteiger partial charge in [0, 0.05) is 24.6 Å². The molecule has 0 atom stereocenters. The number of pyridine rings is 2. The molecule has 2 N–H and O–H groups in total. The molecule has 110 valence electrons. The number of aromatic nitrogens is 2. The summed E-state index contributed by atoms with van der Waals surface area (Å²) >= 11 is 0. The smallest absolute Gasteiger partial charge is 0.259 e. The van der Waals surface area contributed by atoms with E-state index < -0.39 is 0 Å². The molecule has 0 radical (unpaired) electrons. The van der Waals surface area contributed by atoms with Crippen molar-refractivity contribution >= 4 is 17.3 Å². The largest absolute Gasteiger partial charge is 0.384 e. The lowest BCUT2D eigenvalue weighted by molar-refractivity contribution is 0.102. The summed E-state index contributed by atoms with van der Waals surface area (Å²) < 4.78 is 0. The molecule has 0 aliphatic heterocycles. The van der Waals surface area contributed by atoms with Crippen molar-refractivity contribution < 1.29 is 4.79 Å². The Labute approximate surface area is 124 Å². The Kier molecular flexibility index (Phi) is 4.87. The van der Waals surface area contributed by atoms with Gasteiger partial charge in [-0.3, -0.25) is 14.8 Å². The average Bonchev–Trinajstić information content (AvgIpc) is 2.48. The first-order valence-corrected chi connectivity index (χ1v) is 7.05. The summed E-state index contributed by atoms with van der Waals surface area (Å²) in [5.41, 5.74) is 3.77. The Bertz CT molecular complexity index is 640. The van der Waals surface area contributed by atoms with Gasteiger partial charge in [0.2, 0.25) is 0 Å². The van der Waals surface area contributed by atoms with Crippen LogP contribution in [-0.4, -0.2) is 22.4 Å². The Morgan fingerprint density at radius 3 is 2.71 bits per heavy atom. The lowest BCUT2D eigenvalue weighted by Crippen LogP contribution is -2.16. The number of aryl methyl sites for hydroxylation is 2. The van der Waals surface area contributed by atoms with Crippen LogP contribution in [0.15, 0.2) is 30.6 Å². The Hall–Kier alpha value is -2.43. The molecule has 0 aliphatic carbocycles. The van der Waals surface area contributed by atoms with Crippen LogP contribution in [0, 0.1) is 13.8 Å². The summed E-state index contributed by atoms with van der Waals surface area (Å²) in [6.45, 7) is 6.69. The Morgan fingerprint density at radius 2 is 2.00 bits per heavy atom. The molecule has 2 heterocycles. The molecule has 0 aromatic carbocycles. The van der Waals surface area contributed by atoms with Crippen LogP contribution >= 0.6 is 0 Å². The van der Waals surface area contributed by atoms with Crippen molar-refractivity contribution in [3.8, 4) is 0 Å². The van der Waals surface area contributed by atoms with Gasteiger partial charge >= 0.3 is 0 Å². The third kappa shape index (κ3) is 3.78. The SMILES string of the molecule is CCCNc1ccncc1C(=O)Nc1ccc(C)nc1C. The summed E-state index contributed by atoms with van der Waals surface area (Å²) in [6, 6.07) is 5.55. The van der Waals surface area contributed by atoms with Crippen LogP contribution < -0.4 is 10.6 Å². The first-order valence-electron chi connectivity index (χ1n) is 7.05. The number of hydrogen-bond donors (Lipinski definition) is 2. The highest BCUT2D eigenvalue weighted by molar-refractivity contribution is 6.08. The number of nitrogens with zero attached hydrogens (tertiary/aromatic N) is 2. The zero-order chi connectivity index (χ0) is 15.2. The maximum Gasteiger partial charge on any atom is 0.259 e. The number of carbonyl (C=O) groups excluding carboxylic acids is 1. The van der Waals surface area contributed by atoms with E-state index in [0.29, 0.717) is 5.56 Å². The van der Waals surface area contributed by atoms with Crippen LogP contribution in [0.5, 0.6) is 0 Å².